The molecular weight excluding hydrogens is 440 g/mol. The molecule has 1 spiro atoms. The van der Waals surface area contributed by atoms with Crippen LogP contribution in [0.3, 0.4) is 0 Å². The van der Waals surface area contributed by atoms with Crippen LogP contribution in [0, 0.1) is 11.3 Å². The van der Waals surface area contributed by atoms with Gasteiger partial charge in [-0.25, -0.2) is 18.8 Å². The van der Waals surface area contributed by atoms with Gasteiger partial charge in [0.25, 0.3) is 11.9 Å². The number of nitriles is 1. The maximum atomic E-state index is 13.8. The van der Waals surface area contributed by atoms with Crippen molar-refractivity contribution in [2.24, 2.45) is 10.7 Å². The fraction of sp³-hybridized carbons (Fsp3) is 0.240. The molecule has 1 saturated heterocycles. The minimum absolute atomic E-state index is 0.0433. The van der Waals surface area contributed by atoms with E-state index in [0.717, 1.165) is 16.7 Å². The summed E-state index contributed by atoms with van der Waals surface area (Å²) < 4.78 is 39.5. The Morgan fingerprint density at radius 2 is 1.88 bits per heavy atom. The number of hydrogen-bond donors (Lipinski definition) is 1. The molecule has 0 amide bonds. The molecule has 2 N–H and O–H groups in total. The van der Waals surface area contributed by atoms with Gasteiger partial charge in [0.1, 0.15) is 18.2 Å². The van der Waals surface area contributed by atoms with Gasteiger partial charge in [-0.15, -0.1) is 0 Å². The second-order valence-corrected chi connectivity index (χ2v) is 8.67. The van der Waals surface area contributed by atoms with Crippen molar-refractivity contribution in [2.45, 2.75) is 17.9 Å². The lowest BCUT2D eigenvalue weighted by molar-refractivity contribution is 0.0256. The van der Waals surface area contributed by atoms with Crippen molar-refractivity contribution in [1.29, 1.82) is 5.26 Å². The number of fused-ring (bicyclic) bond motifs is 4. The van der Waals surface area contributed by atoms with Crippen molar-refractivity contribution in [3.05, 3.63) is 71.4 Å². The van der Waals surface area contributed by atoms with Crippen molar-refractivity contribution in [1.82, 2.24) is 4.98 Å². The summed E-state index contributed by atoms with van der Waals surface area (Å²) in [4.78, 5) is 10.6. The molecule has 2 aromatic carbocycles. The van der Waals surface area contributed by atoms with Crippen LogP contribution in [0.1, 0.15) is 23.1 Å². The largest absolute Gasteiger partial charge is 0.462 e. The SMILES string of the molecule is N#Cc1cccc(-c2ccc3c(c2)C2(COC(N)=N2)c2cc(N4CCC(F)(F)C4)ncc2O3)c1. The maximum Gasteiger partial charge on any atom is 0.283 e. The minimum Gasteiger partial charge on any atom is -0.462 e. The molecule has 7 nitrogen and oxygen atoms in total. The van der Waals surface area contributed by atoms with E-state index >= 15 is 0 Å². The minimum atomic E-state index is -2.75. The van der Waals surface area contributed by atoms with Crippen LogP contribution in [0.5, 0.6) is 11.5 Å². The van der Waals surface area contributed by atoms with Crippen LogP contribution in [0.2, 0.25) is 0 Å². The first kappa shape index (κ1) is 20.4. The summed E-state index contributed by atoms with van der Waals surface area (Å²) >= 11 is 0. The van der Waals surface area contributed by atoms with E-state index in [0.29, 0.717) is 28.4 Å². The molecule has 0 saturated carbocycles. The topological polar surface area (TPSA) is 96.8 Å². The van der Waals surface area contributed by atoms with E-state index in [1.807, 2.05) is 36.4 Å². The Balaban J connectivity index is 1.49. The zero-order valence-corrected chi connectivity index (χ0v) is 18.0. The Bertz CT molecular complexity index is 1400. The standard InChI is InChI=1S/C25H19F2N5O2/c26-24(27)6-7-32(13-24)22-10-19-21(12-30-22)34-20-5-4-17(16-3-1-2-15(8-16)11-28)9-18(20)25(19)14-33-23(29)31-25/h1-5,8-10,12H,6-7,13-14H2,(H2,29,31). The van der Waals surface area contributed by atoms with Gasteiger partial charge >= 0.3 is 0 Å². The van der Waals surface area contributed by atoms with Gasteiger partial charge in [-0.2, -0.15) is 5.26 Å². The van der Waals surface area contributed by atoms with Gasteiger partial charge in [-0.3, -0.25) is 0 Å². The third kappa shape index (κ3) is 3.14. The van der Waals surface area contributed by atoms with Crippen molar-refractivity contribution >= 4 is 11.8 Å². The van der Waals surface area contributed by atoms with Crippen molar-refractivity contribution < 1.29 is 18.3 Å². The van der Waals surface area contributed by atoms with Gasteiger partial charge in [0.05, 0.1) is 24.4 Å². The Morgan fingerprint density at radius 1 is 1.06 bits per heavy atom. The molecule has 34 heavy (non-hydrogen) atoms. The number of amidine groups is 1. The number of halogens is 2. The number of alkyl halides is 2. The van der Waals surface area contributed by atoms with E-state index in [-0.39, 0.29) is 32.1 Å². The van der Waals surface area contributed by atoms with E-state index < -0.39 is 11.5 Å². The van der Waals surface area contributed by atoms with Gasteiger partial charge in [0.2, 0.25) is 0 Å². The summed E-state index contributed by atoms with van der Waals surface area (Å²) in [5, 5.41) is 9.28. The normalized spacial score (nSPS) is 21.8. The van der Waals surface area contributed by atoms with Gasteiger partial charge in [-0.05, 0) is 41.5 Å². The molecule has 0 aliphatic carbocycles. The van der Waals surface area contributed by atoms with Crippen LogP contribution >= 0.6 is 0 Å². The molecule has 9 heteroatoms. The molecule has 0 radical (unpaired) electrons. The number of nitrogens with zero attached hydrogens (tertiary/aromatic N) is 4. The van der Waals surface area contributed by atoms with Crippen LogP contribution in [-0.2, 0) is 10.3 Å². The second kappa shape index (κ2) is 7.15. The molecule has 1 atom stereocenters. The summed E-state index contributed by atoms with van der Waals surface area (Å²) in [5.74, 6) is -1.26. The molecule has 1 aromatic heterocycles. The van der Waals surface area contributed by atoms with E-state index in [2.05, 4.69) is 16.0 Å². The summed E-state index contributed by atoms with van der Waals surface area (Å²) in [6.07, 6.45) is 1.33. The number of rotatable bonds is 2. The third-order valence-electron chi connectivity index (χ3n) is 6.49. The third-order valence-corrected chi connectivity index (χ3v) is 6.49. The highest BCUT2D eigenvalue weighted by molar-refractivity contribution is 5.78. The zero-order chi connectivity index (χ0) is 23.5. The Morgan fingerprint density at radius 3 is 2.62 bits per heavy atom. The van der Waals surface area contributed by atoms with E-state index in [4.69, 9.17) is 15.2 Å². The zero-order valence-electron chi connectivity index (χ0n) is 18.0. The molecule has 3 aliphatic heterocycles. The van der Waals surface area contributed by atoms with Crippen molar-refractivity contribution in [2.75, 3.05) is 24.6 Å². The Kier molecular flexibility index (Phi) is 4.30. The average Bonchev–Trinajstić information content (AvgIpc) is 3.41. The molecule has 6 rings (SSSR count). The molecular formula is C25H19F2N5O2. The van der Waals surface area contributed by atoms with Gasteiger partial charge in [0.15, 0.2) is 11.3 Å². The summed E-state index contributed by atoms with van der Waals surface area (Å²) in [7, 11) is 0. The molecule has 4 heterocycles. The molecule has 0 bridgehead atoms. The average molecular weight is 459 g/mol. The van der Waals surface area contributed by atoms with E-state index in [1.54, 1.807) is 23.2 Å². The second-order valence-electron chi connectivity index (χ2n) is 8.67. The molecule has 3 aromatic rings. The lowest BCUT2D eigenvalue weighted by Crippen LogP contribution is -2.32. The first-order valence-corrected chi connectivity index (χ1v) is 10.8. The van der Waals surface area contributed by atoms with Crippen LogP contribution in [0.25, 0.3) is 11.1 Å². The highest BCUT2D eigenvalue weighted by Crippen LogP contribution is 2.52. The predicted molar refractivity (Wildman–Crippen MR) is 121 cm³/mol. The smallest absolute Gasteiger partial charge is 0.283 e. The molecule has 170 valence electrons. The number of ether oxygens (including phenoxy) is 2. The van der Waals surface area contributed by atoms with Crippen molar-refractivity contribution in [3.8, 4) is 28.7 Å². The summed E-state index contributed by atoms with van der Waals surface area (Å²) in [6, 6.07) is 16.9. The summed E-state index contributed by atoms with van der Waals surface area (Å²) in [6.45, 7) is -0.0292. The number of hydrogen-bond acceptors (Lipinski definition) is 7. The quantitative estimate of drug-likeness (QED) is 0.618. The predicted octanol–water partition coefficient (Wildman–Crippen LogP) is 4.16. The number of anilines is 1. The first-order chi connectivity index (χ1) is 16.4. The number of benzene rings is 2. The number of aliphatic imine (C=N–C) groups is 1. The number of pyridine rings is 1. The Labute approximate surface area is 194 Å². The first-order valence-electron chi connectivity index (χ1n) is 10.8. The van der Waals surface area contributed by atoms with Crippen LogP contribution < -0.4 is 15.4 Å². The van der Waals surface area contributed by atoms with Crippen molar-refractivity contribution in [3.63, 3.8) is 0 Å². The molecule has 3 aliphatic rings. The van der Waals surface area contributed by atoms with Crippen LogP contribution in [0.15, 0.2) is 59.7 Å². The van der Waals surface area contributed by atoms with E-state index in [1.165, 1.54) is 0 Å². The van der Waals surface area contributed by atoms with E-state index in [9.17, 15) is 14.0 Å². The highest BCUT2D eigenvalue weighted by atomic mass is 19.3. The van der Waals surface area contributed by atoms with Gasteiger partial charge < -0.3 is 20.1 Å². The fourth-order valence-electron chi connectivity index (χ4n) is 4.80. The fourth-order valence-corrected chi connectivity index (χ4v) is 4.80. The molecule has 1 unspecified atom stereocenters. The summed E-state index contributed by atoms with van der Waals surface area (Å²) in [5.41, 5.74) is 8.65. The highest BCUT2D eigenvalue weighted by Gasteiger charge is 2.48. The van der Waals surface area contributed by atoms with Gasteiger partial charge in [-0.1, -0.05) is 18.2 Å². The van der Waals surface area contributed by atoms with Gasteiger partial charge in [0, 0.05) is 24.1 Å². The lowest BCUT2D eigenvalue weighted by atomic mass is 9.80. The number of nitrogens with two attached hydrogens (primary N) is 1. The maximum absolute atomic E-state index is 13.8. The molecule has 1 fully saturated rings. The number of aromatic nitrogens is 1. The van der Waals surface area contributed by atoms with Crippen LogP contribution in [0.4, 0.5) is 14.6 Å². The lowest BCUT2D eigenvalue weighted by Gasteiger charge is -2.34. The van der Waals surface area contributed by atoms with Crippen LogP contribution in [-0.4, -0.2) is 36.6 Å². The monoisotopic (exact) mass is 459 g/mol. The Hall–Kier alpha value is -4.19.